The van der Waals surface area contributed by atoms with Gasteiger partial charge in [0.25, 0.3) is 0 Å². The maximum Gasteiger partial charge on any atom is 0.0685 e. The molecular weight excluding hydrogens is 192 g/mol. The van der Waals surface area contributed by atoms with Gasteiger partial charge >= 0.3 is 0 Å². The monoisotopic (exact) mass is 214 g/mol. The van der Waals surface area contributed by atoms with Gasteiger partial charge in [0, 0.05) is 18.5 Å². The smallest absolute Gasteiger partial charge is 0.0685 e. The second-order valence-electron chi connectivity index (χ2n) is 5.37. The van der Waals surface area contributed by atoms with Crippen molar-refractivity contribution in [1.29, 1.82) is 0 Å². The Bertz CT molecular complexity index is 237. The molecule has 0 bridgehead atoms. The lowest BCUT2D eigenvalue weighted by Gasteiger charge is -2.38. The number of rotatable bonds is 4. The fourth-order valence-electron chi connectivity index (χ4n) is 3.90. The van der Waals surface area contributed by atoms with Crippen LogP contribution in [0.15, 0.2) is 0 Å². The Balaban J connectivity index is 2.18. The SMILES string of the molecule is CN1CC2(CO)CCCC2(CCON)C1. The van der Waals surface area contributed by atoms with Crippen LogP contribution in [0.25, 0.3) is 0 Å². The summed E-state index contributed by atoms with van der Waals surface area (Å²) in [6.07, 6.45) is 4.58. The largest absolute Gasteiger partial charge is 0.396 e. The Kier molecular flexibility index (Phi) is 3.03. The van der Waals surface area contributed by atoms with Crippen LogP contribution in [0, 0.1) is 10.8 Å². The zero-order valence-corrected chi connectivity index (χ0v) is 9.54. The van der Waals surface area contributed by atoms with Crippen molar-refractivity contribution in [2.45, 2.75) is 25.7 Å². The second-order valence-corrected chi connectivity index (χ2v) is 5.37. The Labute approximate surface area is 91.3 Å². The normalized spacial score (nSPS) is 41.0. The molecule has 1 heterocycles. The van der Waals surface area contributed by atoms with Gasteiger partial charge in [0.15, 0.2) is 0 Å². The van der Waals surface area contributed by atoms with E-state index in [-0.39, 0.29) is 10.8 Å². The van der Waals surface area contributed by atoms with E-state index in [2.05, 4.69) is 11.9 Å². The average molecular weight is 214 g/mol. The standard InChI is InChI=1S/C11H22N2O2/c1-13-7-10(5-6-15-12)3-2-4-11(10,8-13)9-14/h14H,2-9,12H2,1H3. The number of hydrogen-bond acceptors (Lipinski definition) is 4. The zero-order chi connectivity index (χ0) is 10.9. The topological polar surface area (TPSA) is 58.7 Å². The zero-order valence-electron chi connectivity index (χ0n) is 9.54. The third kappa shape index (κ3) is 1.60. The highest BCUT2D eigenvalue weighted by Crippen LogP contribution is 2.58. The number of likely N-dealkylation sites (tertiary alicyclic amines) is 1. The minimum Gasteiger partial charge on any atom is -0.396 e. The van der Waals surface area contributed by atoms with Crippen LogP contribution in [0.5, 0.6) is 0 Å². The molecule has 2 atom stereocenters. The molecule has 0 aromatic rings. The van der Waals surface area contributed by atoms with Crippen molar-refractivity contribution >= 4 is 0 Å². The van der Waals surface area contributed by atoms with E-state index in [4.69, 9.17) is 10.7 Å². The van der Waals surface area contributed by atoms with Crippen LogP contribution >= 0.6 is 0 Å². The minimum absolute atomic E-state index is 0.111. The van der Waals surface area contributed by atoms with Crippen molar-refractivity contribution in [3.63, 3.8) is 0 Å². The van der Waals surface area contributed by atoms with E-state index in [1.54, 1.807) is 0 Å². The number of aliphatic hydroxyl groups excluding tert-OH is 1. The van der Waals surface area contributed by atoms with Crippen LogP contribution in [0.3, 0.4) is 0 Å². The van der Waals surface area contributed by atoms with Gasteiger partial charge in [-0.3, -0.25) is 0 Å². The third-order valence-corrected chi connectivity index (χ3v) is 4.58. The Morgan fingerprint density at radius 2 is 2.00 bits per heavy atom. The van der Waals surface area contributed by atoms with Gasteiger partial charge < -0.3 is 14.8 Å². The van der Waals surface area contributed by atoms with E-state index in [0.717, 1.165) is 25.9 Å². The van der Waals surface area contributed by atoms with E-state index >= 15 is 0 Å². The third-order valence-electron chi connectivity index (χ3n) is 4.58. The van der Waals surface area contributed by atoms with Crippen molar-refractivity contribution < 1.29 is 9.94 Å². The number of hydrogen-bond donors (Lipinski definition) is 2. The Morgan fingerprint density at radius 3 is 2.67 bits per heavy atom. The molecular formula is C11H22N2O2. The second kappa shape index (κ2) is 4.01. The fourth-order valence-corrected chi connectivity index (χ4v) is 3.90. The van der Waals surface area contributed by atoms with Crippen molar-refractivity contribution in [3.8, 4) is 0 Å². The van der Waals surface area contributed by atoms with Crippen molar-refractivity contribution in [2.24, 2.45) is 16.7 Å². The molecule has 1 aliphatic heterocycles. The first-order valence-corrected chi connectivity index (χ1v) is 5.79. The molecule has 2 fully saturated rings. The summed E-state index contributed by atoms with van der Waals surface area (Å²) < 4.78 is 0. The molecule has 4 nitrogen and oxygen atoms in total. The van der Waals surface area contributed by atoms with E-state index in [9.17, 15) is 5.11 Å². The predicted molar refractivity (Wildman–Crippen MR) is 58.1 cm³/mol. The lowest BCUT2D eigenvalue weighted by molar-refractivity contribution is 0.0187. The highest BCUT2D eigenvalue weighted by molar-refractivity contribution is 5.09. The molecule has 2 rings (SSSR count). The lowest BCUT2D eigenvalue weighted by atomic mass is 9.67. The van der Waals surface area contributed by atoms with Crippen LogP contribution in [0.2, 0.25) is 0 Å². The molecule has 0 aromatic heterocycles. The van der Waals surface area contributed by atoms with Gasteiger partial charge in [-0.1, -0.05) is 6.42 Å². The predicted octanol–water partition coefficient (Wildman–Crippen LogP) is 0.361. The Hall–Kier alpha value is -0.160. The number of nitrogens with two attached hydrogens (primary N) is 1. The molecule has 88 valence electrons. The van der Waals surface area contributed by atoms with Crippen molar-refractivity contribution in [3.05, 3.63) is 0 Å². The van der Waals surface area contributed by atoms with Gasteiger partial charge in [-0.2, -0.15) is 0 Å². The summed E-state index contributed by atoms with van der Waals surface area (Å²) in [4.78, 5) is 7.07. The molecule has 1 saturated heterocycles. The highest BCUT2D eigenvalue weighted by atomic mass is 16.6. The van der Waals surface area contributed by atoms with Crippen LogP contribution in [-0.4, -0.2) is 43.4 Å². The summed E-state index contributed by atoms with van der Waals surface area (Å²) in [6.45, 7) is 3.02. The van der Waals surface area contributed by atoms with E-state index in [0.29, 0.717) is 13.2 Å². The van der Waals surface area contributed by atoms with Gasteiger partial charge in [-0.25, -0.2) is 5.90 Å². The molecule has 2 aliphatic rings. The minimum atomic E-state index is 0.111. The maximum absolute atomic E-state index is 9.71. The molecule has 0 spiro atoms. The summed E-state index contributed by atoms with van der Waals surface area (Å²) >= 11 is 0. The van der Waals surface area contributed by atoms with Crippen LogP contribution in [-0.2, 0) is 4.84 Å². The summed E-state index contributed by atoms with van der Waals surface area (Å²) in [6, 6.07) is 0. The van der Waals surface area contributed by atoms with E-state index in [1.165, 1.54) is 12.8 Å². The van der Waals surface area contributed by atoms with Gasteiger partial charge in [-0.15, -0.1) is 0 Å². The number of nitrogens with zero attached hydrogens (tertiary/aromatic N) is 1. The molecule has 15 heavy (non-hydrogen) atoms. The molecule has 2 unspecified atom stereocenters. The van der Waals surface area contributed by atoms with Crippen molar-refractivity contribution in [1.82, 2.24) is 4.90 Å². The summed E-state index contributed by atoms with van der Waals surface area (Å²) in [5, 5.41) is 9.71. The van der Waals surface area contributed by atoms with Gasteiger partial charge in [-0.05, 0) is 31.7 Å². The summed E-state index contributed by atoms with van der Waals surface area (Å²) in [5.74, 6) is 5.13. The Morgan fingerprint density at radius 1 is 1.33 bits per heavy atom. The first-order valence-electron chi connectivity index (χ1n) is 5.79. The van der Waals surface area contributed by atoms with E-state index < -0.39 is 0 Å². The molecule has 1 aliphatic carbocycles. The van der Waals surface area contributed by atoms with Gasteiger partial charge in [0.2, 0.25) is 0 Å². The van der Waals surface area contributed by atoms with Gasteiger partial charge in [0.1, 0.15) is 0 Å². The molecule has 0 aromatic carbocycles. The molecule has 0 radical (unpaired) electrons. The van der Waals surface area contributed by atoms with Crippen LogP contribution < -0.4 is 5.90 Å². The number of fused-ring (bicyclic) bond motifs is 1. The lowest BCUT2D eigenvalue weighted by Crippen LogP contribution is -2.40. The molecule has 0 amide bonds. The summed E-state index contributed by atoms with van der Waals surface area (Å²) in [5.41, 5.74) is 0.357. The van der Waals surface area contributed by atoms with Gasteiger partial charge in [0.05, 0.1) is 13.2 Å². The fraction of sp³-hybridized carbons (Fsp3) is 1.00. The van der Waals surface area contributed by atoms with E-state index in [1.807, 2.05) is 0 Å². The molecule has 4 heteroatoms. The van der Waals surface area contributed by atoms with Crippen LogP contribution in [0.1, 0.15) is 25.7 Å². The van der Waals surface area contributed by atoms with Crippen molar-refractivity contribution in [2.75, 3.05) is 33.4 Å². The quantitative estimate of drug-likeness (QED) is 0.663. The maximum atomic E-state index is 9.71. The average Bonchev–Trinajstić information content (AvgIpc) is 2.66. The molecule has 1 saturated carbocycles. The van der Waals surface area contributed by atoms with Crippen LogP contribution in [0.4, 0.5) is 0 Å². The number of aliphatic hydroxyl groups is 1. The first kappa shape index (κ1) is 11.3. The summed E-state index contributed by atoms with van der Waals surface area (Å²) in [7, 11) is 2.14. The molecule has 3 N–H and O–H groups in total. The highest BCUT2D eigenvalue weighted by Gasteiger charge is 2.58. The first-order chi connectivity index (χ1) is 7.18.